The molecule has 1 amide bonds. The van der Waals surface area contributed by atoms with Crippen molar-refractivity contribution in [1.82, 2.24) is 14.8 Å². The molecule has 1 fully saturated rings. The van der Waals surface area contributed by atoms with Gasteiger partial charge >= 0.3 is 0 Å². The molecule has 1 aliphatic heterocycles. The maximum atomic E-state index is 13.0. The SMILES string of the molecule is CCCOc1ccc(/C(O)=C2/C(=O)C(=O)N(CCCN(C)C)C2c2cccnc2)cc1C. The van der Waals surface area contributed by atoms with Gasteiger partial charge in [-0.15, -0.1) is 0 Å². The molecule has 7 heteroatoms. The van der Waals surface area contributed by atoms with Gasteiger partial charge in [-0.1, -0.05) is 13.0 Å². The fraction of sp³-hybridized carbons (Fsp3) is 0.400. The number of hydrogen-bond donors (Lipinski definition) is 1. The largest absolute Gasteiger partial charge is 0.507 e. The Morgan fingerprint density at radius 2 is 2.03 bits per heavy atom. The fourth-order valence-corrected chi connectivity index (χ4v) is 3.88. The minimum absolute atomic E-state index is 0.0921. The lowest BCUT2D eigenvalue weighted by Crippen LogP contribution is -2.32. The van der Waals surface area contributed by atoms with Gasteiger partial charge in [0.25, 0.3) is 11.7 Å². The predicted octanol–water partition coefficient (Wildman–Crippen LogP) is 3.55. The monoisotopic (exact) mass is 437 g/mol. The van der Waals surface area contributed by atoms with Gasteiger partial charge < -0.3 is 19.6 Å². The minimum atomic E-state index is -0.679. The number of ketones is 1. The van der Waals surface area contributed by atoms with Gasteiger partial charge in [0, 0.05) is 24.5 Å². The first-order chi connectivity index (χ1) is 15.3. The topological polar surface area (TPSA) is 83.0 Å². The number of pyridine rings is 1. The smallest absolute Gasteiger partial charge is 0.295 e. The van der Waals surface area contributed by atoms with E-state index in [0.717, 1.165) is 24.3 Å². The van der Waals surface area contributed by atoms with Gasteiger partial charge in [0.2, 0.25) is 0 Å². The number of aromatic nitrogens is 1. The van der Waals surface area contributed by atoms with Gasteiger partial charge in [0.1, 0.15) is 11.5 Å². The molecule has 32 heavy (non-hydrogen) atoms. The highest BCUT2D eigenvalue weighted by Gasteiger charge is 2.45. The van der Waals surface area contributed by atoms with Gasteiger partial charge in [0.15, 0.2) is 0 Å². The zero-order valence-corrected chi connectivity index (χ0v) is 19.2. The van der Waals surface area contributed by atoms with Crippen molar-refractivity contribution in [2.75, 3.05) is 33.8 Å². The molecule has 0 spiro atoms. The van der Waals surface area contributed by atoms with Crippen molar-refractivity contribution >= 4 is 17.4 Å². The highest BCUT2D eigenvalue weighted by Crippen LogP contribution is 2.39. The summed E-state index contributed by atoms with van der Waals surface area (Å²) in [6.45, 7) is 5.71. The average molecular weight is 438 g/mol. The molecule has 1 N–H and O–H groups in total. The van der Waals surface area contributed by atoms with E-state index in [1.807, 2.05) is 38.9 Å². The molecule has 7 nitrogen and oxygen atoms in total. The Morgan fingerprint density at radius 3 is 2.66 bits per heavy atom. The van der Waals surface area contributed by atoms with E-state index in [-0.39, 0.29) is 11.3 Å². The number of carbonyl (C=O) groups is 2. The molecule has 0 saturated carbocycles. The molecule has 0 aliphatic carbocycles. The van der Waals surface area contributed by atoms with E-state index < -0.39 is 17.7 Å². The first-order valence-corrected chi connectivity index (χ1v) is 10.9. The van der Waals surface area contributed by atoms with Crippen LogP contribution in [-0.4, -0.2) is 65.4 Å². The second kappa shape index (κ2) is 10.4. The molecule has 0 radical (unpaired) electrons. The van der Waals surface area contributed by atoms with E-state index in [9.17, 15) is 14.7 Å². The van der Waals surface area contributed by atoms with E-state index in [4.69, 9.17) is 4.74 Å². The van der Waals surface area contributed by atoms with Crippen molar-refractivity contribution in [2.24, 2.45) is 0 Å². The highest BCUT2D eigenvalue weighted by molar-refractivity contribution is 6.46. The van der Waals surface area contributed by atoms with Crippen molar-refractivity contribution < 1.29 is 19.4 Å². The van der Waals surface area contributed by atoms with Crippen LogP contribution >= 0.6 is 0 Å². The summed E-state index contributed by atoms with van der Waals surface area (Å²) in [7, 11) is 3.92. The van der Waals surface area contributed by atoms with Gasteiger partial charge in [-0.05, 0) is 75.8 Å². The highest BCUT2D eigenvalue weighted by atomic mass is 16.5. The standard InChI is InChI=1S/C25H31N3O4/c1-5-14-32-20-10-9-18(15-17(20)2)23(29)21-22(19-8-6-11-26-16-19)28(25(31)24(21)30)13-7-12-27(3)4/h6,8-11,15-16,22,29H,5,7,12-14H2,1-4H3/b23-21-. The number of rotatable bonds is 9. The molecule has 170 valence electrons. The third-order valence-corrected chi connectivity index (χ3v) is 5.45. The second-order valence-electron chi connectivity index (χ2n) is 8.26. The summed E-state index contributed by atoms with van der Waals surface area (Å²) < 4.78 is 5.72. The maximum absolute atomic E-state index is 13.0. The van der Waals surface area contributed by atoms with Gasteiger partial charge in [0.05, 0.1) is 18.2 Å². The van der Waals surface area contributed by atoms with Crippen LogP contribution in [0.5, 0.6) is 5.75 Å². The fourth-order valence-electron chi connectivity index (χ4n) is 3.88. The number of carbonyl (C=O) groups excluding carboxylic acids is 2. The van der Waals surface area contributed by atoms with Crippen LogP contribution < -0.4 is 4.74 Å². The van der Waals surface area contributed by atoms with E-state index in [1.54, 1.807) is 41.6 Å². The molecule has 2 aromatic rings. The van der Waals surface area contributed by atoms with Crippen LogP contribution in [-0.2, 0) is 9.59 Å². The quantitative estimate of drug-likeness (QED) is 0.367. The summed E-state index contributed by atoms with van der Waals surface area (Å²) in [5, 5.41) is 11.2. The van der Waals surface area contributed by atoms with Crippen molar-refractivity contribution in [3.63, 3.8) is 0 Å². The lowest BCUT2D eigenvalue weighted by Gasteiger charge is -2.25. The lowest BCUT2D eigenvalue weighted by atomic mass is 9.95. The summed E-state index contributed by atoms with van der Waals surface area (Å²) in [5.41, 5.74) is 2.11. The number of amides is 1. The lowest BCUT2D eigenvalue weighted by molar-refractivity contribution is -0.139. The summed E-state index contributed by atoms with van der Waals surface area (Å²) in [6.07, 6.45) is 4.87. The second-order valence-corrected chi connectivity index (χ2v) is 8.26. The van der Waals surface area contributed by atoms with Crippen molar-refractivity contribution in [3.05, 3.63) is 65.0 Å². The van der Waals surface area contributed by atoms with Gasteiger partial charge in [-0.25, -0.2) is 0 Å². The summed E-state index contributed by atoms with van der Waals surface area (Å²) in [6, 6.07) is 8.18. The molecule has 1 aromatic carbocycles. The summed E-state index contributed by atoms with van der Waals surface area (Å²) >= 11 is 0. The van der Waals surface area contributed by atoms with E-state index in [0.29, 0.717) is 30.7 Å². The van der Waals surface area contributed by atoms with Crippen molar-refractivity contribution in [3.8, 4) is 5.75 Å². The molecule has 0 bridgehead atoms. The summed E-state index contributed by atoms with van der Waals surface area (Å²) in [4.78, 5) is 33.7. The van der Waals surface area contributed by atoms with Crippen molar-refractivity contribution in [1.29, 1.82) is 0 Å². The number of hydrogen-bond acceptors (Lipinski definition) is 6. The number of aryl methyl sites for hydroxylation is 1. The average Bonchev–Trinajstić information content (AvgIpc) is 3.03. The Hall–Kier alpha value is -3.19. The molecular formula is C25H31N3O4. The van der Waals surface area contributed by atoms with Gasteiger partial charge in [-0.2, -0.15) is 0 Å². The third kappa shape index (κ3) is 4.99. The Kier molecular flexibility index (Phi) is 7.64. The van der Waals surface area contributed by atoms with Crippen LogP contribution in [0, 0.1) is 6.92 Å². The zero-order chi connectivity index (χ0) is 23.3. The molecule has 1 aliphatic rings. The molecule has 1 atom stereocenters. The number of Topliss-reactive ketones (excluding diaryl/α,β-unsaturated/α-hetero) is 1. The number of nitrogens with zero attached hydrogens (tertiary/aromatic N) is 3. The van der Waals surface area contributed by atoms with E-state index in [1.165, 1.54) is 0 Å². The van der Waals surface area contributed by atoms with Crippen LogP contribution in [0.1, 0.15) is 42.5 Å². The Bertz CT molecular complexity index is 1000. The third-order valence-electron chi connectivity index (χ3n) is 5.45. The Balaban J connectivity index is 2.03. The molecular weight excluding hydrogens is 406 g/mol. The van der Waals surface area contributed by atoms with Crippen LogP contribution in [0.25, 0.3) is 5.76 Å². The molecule has 1 unspecified atom stereocenters. The molecule has 3 rings (SSSR count). The van der Waals surface area contributed by atoms with Crippen molar-refractivity contribution in [2.45, 2.75) is 32.7 Å². The Labute approximate surface area is 189 Å². The van der Waals surface area contributed by atoms with E-state index >= 15 is 0 Å². The Morgan fingerprint density at radius 1 is 1.25 bits per heavy atom. The summed E-state index contributed by atoms with van der Waals surface area (Å²) in [5.74, 6) is -0.724. The number of benzene rings is 1. The molecule has 2 heterocycles. The van der Waals surface area contributed by atoms with E-state index in [2.05, 4.69) is 4.98 Å². The zero-order valence-electron chi connectivity index (χ0n) is 19.2. The first-order valence-electron chi connectivity index (χ1n) is 10.9. The minimum Gasteiger partial charge on any atom is -0.507 e. The number of ether oxygens (including phenoxy) is 1. The van der Waals surface area contributed by atoms with Crippen LogP contribution in [0.15, 0.2) is 48.3 Å². The number of aliphatic hydroxyl groups excluding tert-OH is 1. The predicted molar refractivity (Wildman–Crippen MR) is 123 cm³/mol. The van der Waals surface area contributed by atoms with Gasteiger partial charge in [-0.3, -0.25) is 14.6 Å². The molecule has 1 aromatic heterocycles. The van der Waals surface area contributed by atoms with Crippen LogP contribution in [0.2, 0.25) is 0 Å². The maximum Gasteiger partial charge on any atom is 0.295 e. The van der Waals surface area contributed by atoms with Crippen LogP contribution in [0.4, 0.5) is 0 Å². The number of aliphatic hydroxyl groups is 1. The normalized spacial score (nSPS) is 17.9. The first kappa shape index (κ1) is 23.5. The molecule has 1 saturated heterocycles. The van der Waals surface area contributed by atoms with Crippen LogP contribution in [0.3, 0.4) is 0 Å². The number of likely N-dealkylation sites (tertiary alicyclic amines) is 1.